The minimum absolute atomic E-state index is 0.140. The summed E-state index contributed by atoms with van der Waals surface area (Å²) in [4.78, 5) is 25.8. The van der Waals surface area contributed by atoms with Gasteiger partial charge < -0.3 is 0 Å². The summed E-state index contributed by atoms with van der Waals surface area (Å²) in [6.45, 7) is 0.151. The molecule has 3 heterocycles. The van der Waals surface area contributed by atoms with Gasteiger partial charge in [0.05, 0.1) is 11.1 Å². The van der Waals surface area contributed by atoms with Crippen LogP contribution in [0, 0.1) is 0 Å². The van der Waals surface area contributed by atoms with Crippen molar-refractivity contribution in [1.29, 1.82) is 0 Å². The molecule has 0 bridgehead atoms. The highest BCUT2D eigenvalue weighted by molar-refractivity contribution is 7.94. The highest BCUT2D eigenvalue weighted by Gasteiger charge is 2.34. The maximum Gasteiger partial charge on any atom is 0.273 e. The van der Waals surface area contributed by atoms with Crippen molar-refractivity contribution in [3.63, 3.8) is 0 Å². The van der Waals surface area contributed by atoms with Crippen molar-refractivity contribution in [3.05, 3.63) is 57.9 Å². The monoisotopic (exact) mass is 420 g/mol. The van der Waals surface area contributed by atoms with E-state index in [9.17, 15) is 18.0 Å². The number of thiophene rings is 1. The number of carbonyl (C=O) groups is 2. The molecule has 1 aliphatic rings. The van der Waals surface area contributed by atoms with Crippen LogP contribution >= 0.6 is 22.7 Å². The van der Waals surface area contributed by atoms with E-state index >= 15 is 0 Å². The standard InChI is InChI=1S/C16H12N4O4S3/c21-14-10-4-1-2-5-11(10)15(22)20(14)8-7-12-17-18-16(26-12)19-27(23,24)13-6-3-9-25-13/h1-6,9H,7-8H2,(H,18,19). The highest BCUT2D eigenvalue weighted by Crippen LogP contribution is 2.25. The lowest BCUT2D eigenvalue weighted by Gasteiger charge is -2.12. The van der Waals surface area contributed by atoms with E-state index < -0.39 is 10.0 Å². The smallest absolute Gasteiger partial charge is 0.273 e. The molecule has 2 amide bonds. The van der Waals surface area contributed by atoms with E-state index in [1.54, 1.807) is 35.7 Å². The summed E-state index contributed by atoms with van der Waals surface area (Å²) < 4.78 is 26.9. The van der Waals surface area contributed by atoms with Gasteiger partial charge in [-0.2, -0.15) is 0 Å². The molecule has 0 radical (unpaired) electrons. The maximum absolute atomic E-state index is 12.3. The Hall–Kier alpha value is -2.63. The largest absolute Gasteiger partial charge is 0.274 e. The van der Waals surface area contributed by atoms with Crippen LogP contribution in [0.3, 0.4) is 0 Å². The number of hydrogen-bond acceptors (Lipinski definition) is 8. The van der Waals surface area contributed by atoms with Crippen molar-refractivity contribution in [3.8, 4) is 0 Å². The van der Waals surface area contributed by atoms with Gasteiger partial charge in [-0.05, 0) is 23.6 Å². The van der Waals surface area contributed by atoms with Gasteiger partial charge in [0.1, 0.15) is 9.22 Å². The molecular formula is C16H12N4O4S3. The topological polar surface area (TPSA) is 109 Å². The summed E-state index contributed by atoms with van der Waals surface area (Å²) >= 11 is 2.17. The lowest BCUT2D eigenvalue weighted by Crippen LogP contribution is -2.31. The number of rotatable bonds is 6. The number of imide groups is 1. The third-order valence-corrected chi connectivity index (χ3v) is 7.64. The SMILES string of the molecule is O=C1c2ccccc2C(=O)N1CCc1nnc(NS(=O)(=O)c2cccs2)s1. The zero-order valence-corrected chi connectivity index (χ0v) is 16.1. The predicted octanol–water partition coefficient (Wildman–Crippen LogP) is 2.24. The Morgan fingerprint density at radius 3 is 2.33 bits per heavy atom. The lowest BCUT2D eigenvalue weighted by molar-refractivity contribution is 0.0656. The Kier molecular flexibility index (Phi) is 4.50. The number of anilines is 1. The van der Waals surface area contributed by atoms with Crippen LogP contribution in [0.2, 0.25) is 0 Å². The normalized spacial score (nSPS) is 13.9. The van der Waals surface area contributed by atoms with Crippen molar-refractivity contribution >= 4 is 49.6 Å². The van der Waals surface area contributed by atoms with Crippen LogP contribution in [0.1, 0.15) is 25.7 Å². The molecular weight excluding hydrogens is 408 g/mol. The number of fused-ring (bicyclic) bond motifs is 1. The average Bonchev–Trinajstić information content (AvgIpc) is 3.37. The fraction of sp³-hybridized carbons (Fsp3) is 0.125. The van der Waals surface area contributed by atoms with Crippen LogP contribution in [0.4, 0.5) is 5.13 Å². The van der Waals surface area contributed by atoms with Crippen LogP contribution in [-0.4, -0.2) is 41.9 Å². The third-order valence-electron chi connectivity index (χ3n) is 3.88. The number of sulfonamides is 1. The number of nitrogens with one attached hydrogen (secondary N) is 1. The van der Waals surface area contributed by atoms with Gasteiger partial charge in [-0.15, -0.1) is 21.5 Å². The number of nitrogens with zero attached hydrogens (tertiary/aromatic N) is 3. The first kappa shape index (κ1) is 17.8. The van der Waals surface area contributed by atoms with E-state index in [1.165, 1.54) is 11.0 Å². The molecule has 3 aromatic rings. The first-order chi connectivity index (χ1) is 13.0. The van der Waals surface area contributed by atoms with Crippen LogP contribution < -0.4 is 4.72 Å². The second-order valence-corrected chi connectivity index (χ2v) is 9.52. The Bertz CT molecular complexity index is 1090. The van der Waals surface area contributed by atoms with Crippen molar-refractivity contribution in [2.75, 3.05) is 11.3 Å². The summed E-state index contributed by atoms with van der Waals surface area (Å²) in [7, 11) is -3.68. The van der Waals surface area contributed by atoms with Gasteiger partial charge in [-0.3, -0.25) is 19.2 Å². The summed E-state index contributed by atoms with van der Waals surface area (Å²) in [5, 5.41) is 10.1. The number of hydrogen-bond donors (Lipinski definition) is 1. The molecule has 0 fully saturated rings. The molecule has 27 heavy (non-hydrogen) atoms. The van der Waals surface area contributed by atoms with Gasteiger partial charge in [0.15, 0.2) is 0 Å². The highest BCUT2D eigenvalue weighted by atomic mass is 32.2. The molecule has 0 unspecified atom stereocenters. The number of aromatic nitrogens is 2. The zero-order chi connectivity index (χ0) is 19.0. The van der Waals surface area contributed by atoms with Gasteiger partial charge in [-0.1, -0.05) is 29.5 Å². The van der Waals surface area contributed by atoms with Crippen LogP contribution in [0.15, 0.2) is 46.0 Å². The van der Waals surface area contributed by atoms with Gasteiger partial charge in [0, 0.05) is 13.0 Å². The molecule has 0 saturated carbocycles. The number of benzene rings is 1. The molecule has 11 heteroatoms. The van der Waals surface area contributed by atoms with Gasteiger partial charge in [-0.25, -0.2) is 8.42 Å². The molecule has 1 aromatic carbocycles. The molecule has 4 rings (SSSR count). The summed E-state index contributed by atoms with van der Waals surface area (Å²) in [6, 6.07) is 9.81. The van der Waals surface area contributed by atoms with E-state index in [1.807, 2.05) is 0 Å². The number of carbonyl (C=O) groups excluding carboxylic acids is 2. The Balaban J connectivity index is 1.42. The molecule has 0 atom stereocenters. The van der Waals surface area contributed by atoms with Crippen molar-refractivity contribution in [2.45, 2.75) is 10.6 Å². The molecule has 0 spiro atoms. The van der Waals surface area contributed by atoms with Crippen molar-refractivity contribution in [2.24, 2.45) is 0 Å². The van der Waals surface area contributed by atoms with Crippen LogP contribution in [0.5, 0.6) is 0 Å². The van der Waals surface area contributed by atoms with E-state index in [2.05, 4.69) is 14.9 Å². The fourth-order valence-corrected chi connectivity index (χ4v) is 5.58. The van der Waals surface area contributed by atoms with Gasteiger partial charge in [0.2, 0.25) is 5.13 Å². The van der Waals surface area contributed by atoms with Gasteiger partial charge in [0.25, 0.3) is 21.8 Å². The maximum atomic E-state index is 12.3. The summed E-state index contributed by atoms with van der Waals surface area (Å²) in [5.41, 5.74) is 0.785. The lowest BCUT2D eigenvalue weighted by atomic mass is 10.1. The first-order valence-corrected chi connectivity index (χ1v) is 11.0. The quantitative estimate of drug-likeness (QED) is 0.613. The molecule has 138 valence electrons. The molecule has 0 aliphatic carbocycles. The second-order valence-electron chi connectivity index (χ2n) is 5.60. The van der Waals surface area contributed by atoms with Crippen LogP contribution in [-0.2, 0) is 16.4 Å². The molecule has 0 saturated heterocycles. The van der Waals surface area contributed by atoms with Crippen molar-refractivity contribution < 1.29 is 18.0 Å². The fourth-order valence-electron chi connectivity index (χ4n) is 2.63. The summed E-state index contributed by atoms with van der Waals surface area (Å²) in [6.07, 6.45) is 0.296. The minimum Gasteiger partial charge on any atom is -0.274 e. The van der Waals surface area contributed by atoms with E-state index in [0.717, 1.165) is 22.7 Å². The Morgan fingerprint density at radius 1 is 1.00 bits per heavy atom. The molecule has 8 nitrogen and oxygen atoms in total. The second kappa shape index (κ2) is 6.83. The van der Waals surface area contributed by atoms with Gasteiger partial charge >= 0.3 is 0 Å². The number of amides is 2. The first-order valence-electron chi connectivity index (χ1n) is 7.79. The van der Waals surface area contributed by atoms with Crippen LogP contribution in [0.25, 0.3) is 0 Å². The van der Waals surface area contributed by atoms with E-state index in [0.29, 0.717) is 22.6 Å². The predicted molar refractivity (Wildman–Crippen MR) is 101 cm³/mol. The third kappa shape index (κ3) is 3.36. The minimum atomic E-state index is -3.68. The van der Waals surface area contributed by atoms with E-state index in [4.69, 9.17) is 0 Å². The summed E-state index contributed by atoms with van der Waals surface area (Å²) in [5.74, 6) is -0.669. The molecule has 1 aliphatic heterocycles. The zero-order valence-electron chi connectivity index (χ0n) is 13.7. The Morgan fingerprint density at radius 2 is 1.70 bits per heavy atom. The molecule has 2 aromatic heterocycles. The van der Waals surface area contributed by atoms with E-state index in [-0.39, 0.29) is 27.7 Å². The van der Waals surface area contributed by atoms with Crippen molar-refractivity contribution in [1.82, 2.24) is 15.1 Å². The average molecular weight is 420 g/mol. The Labute approximate surface area is 162 Å². The molecule has 1 N–H and O–H groups in total.